The molecule has 112 valence electrons. The molecule has 21 heavy (non-hydrogen) atoms. The summed E-state index contributed by atoms with van der Waals surface area (Å²) in [6, 6.07) is 14.4. The van der Waals surface area contributed by atoms with Crippen molar-refractivity contribution in [2.24, 2.45) is 0 Å². The van der Waals surface area contributed by atoms with Crippen molar-refractivity contribution >= 4 is 0 Å². The summed E-state index contributed by atoms with van der Waals surface area (Å²) in [7, 11) is 1.69. The van der Waals surface area contributed by atoms with Crippen LogP contribution in [0.3, 0.4) is 0 Å². The van der Waals surface area contributed by atoms with Crippen molar-refractivity contribution < 1.29 is 9.47 Å². The van der Waals surface area contributed by atoms with Gasteiger partial charge in [0.15, 0.2) is 0 Å². The van der Waals surface area contributed by atoms with Crippen LogP contribution in [-0.4, -0.2) is 13.7 Å². The topological polar surface area (TPSA) is 30.5 Å². The maximum absolute atomic E-state index is 5.83. The summed E-state index contributed by atoms with van der Waals surface area (Å²) >= 11 is 0. The van der Waals surface area contributed by atoms with Crippen LogP contribution >= 0.6 is 0 Å². The predicted octanol–water partition coefficient (Wildman–Crippen LogP) is 3.69. The number of ether oxygens (including phenoxy) is 2. The van der Waals surface area contributed by atoms with E-state index in [9.17, 15) is 0 Å². The van der Waals surface area contributed by atoms with Gasteiger partial charge in [0.1, 0.15) is 18.1 Å². The SMILES string of the molecule is CCNCc1ccc(OCc2ccc(C)cc2)cc1OC. The van der Waals surface area contributed by atoms with Crippen LogP contribution < -0.4 is 14.8 Å². The van der Waals surface area contributed by atoms with Gasteiger partial charge in [0, 0.05) is 18.2 Å². The number of aryl methyl sites for hydroxylation is 1. The lowest BCUT2D eigenvalue weighted by atomic mass is 10.1. The van der Waals surface area contributed by atoms with E-state index in [0.717, 1.165) is 35.7 Å². The molecule has 0 saturated heterocycles. The fraction of sp³-hybridized carbons (Fsp3) is 0.333. The molecule has 0 aliphatic rings. The van der Waals surface area contributed by atoms with Crippen LogP contribution in [-0.2, 0) is 13.2 Å². The Morgan fingerprint density at radius 2 is 1.81 bits per heavy atom. The van der Waals surface area contributed by atoms with Gasteiger partial charge in [-0.2, -0.15) is 0 Å². The summed E-state index contributed by atoms with van der Waals surface area (Å²) in [6.07, 6.45) is 0. The molecule has 3 heteroatoms. The first-order chi connectivity index (χ1) is 10.2. The lowest BCUT2D eigenvalue weighted by molar-refractivity contribution is 0.303. The fourth-order valence-electron chi connectivity index (χ4n) is 2.07. The highest BCUT2D eigenvalue weighted by Crippen LogP contribution is 2.25. The van der Waals surface area contributed by atoms with Crippen LogP contribution in [0.2, 0.25) is 0 Å². The summed E-state index contributed by atoms with van der Waals surface area (Å²) in [6.45, 7) is 6.48. The fourth-order valence-corrected chi connectivity index (χ4v) is 2.07. The first-order valence-corrected chi connectivity index (χ1v) is 7.29. The van der Waals surface area contributed by atoms with Gasteiger partial charge in [-0.05, 0) is 25.1 Å². The molecular formula is C18H23NO2. The zero-order valence-corrected chi connectivity index (χ0v) is 13.0. The molecule has 2 rings (SSSR count). The van der Waals surface area contributed by atoms with Crippen molar-refractivity contribution in [2.45, 2.75) is 27.0 Å². The summed E-state index contributed by atoms with van der Waals surface area (Å²) in [5, 5.41) is 3.30. The summed E-state index contributed by atoms with van der Waals surface area (Å²) < 4.78 is 11.3. The molecule has 0 atom stereocenters. The Bertz CT molecular complexity index is 564. The Hall–Kier alpha value is -2.00. The Morgan fingerprint density at radius 3 is 2.48 bits per heavy atom. The lowest BCUT2D eigenvalue weighted by Gasteiger charge is -2.12. The Morgan fingerprint density at radius 1 is 1.05 bits per heavy atom. The van der Waals surface area contributed by atoms with Crippen molar-refractivity contribution in [3.63, 3.8) is 0 Å². The van der Waals surface area contributed by atoms with Crippen LogP contribution in [0.5, 0.6) is 11.5 Å². The zero-order valence-electron chi connectivity index (χ0n) is 13.0. The number of nitrogens with one attached hydrogen (secondary N) is 1. The molecule has 0 fully saturated rings. The highest BCUT2D eigenvalue weighted by molar-refractivity contribution is 5.40. The molecule has 1 N–H and O–H groups in total. The summed E-state index contributed by atoms with van der Waals surface area (Å²) in [5.74, 6) is 1.69. The van der Waals surface area contributed by atoms with Gasteiger partial charge < -0.3 is 14.8 Å². The van der Waals surface area contributed by atoms with Gasteiger partial charge in [-0.15, -0.1) is 0 Å². The van der Waals surface area contributed by atoms with Gasteiger partial charge in [0.2, 0.25) is 0 Å². The third kappa shape index (κ3) is 4.50. The largest absolute Gasteiger partial charge is 0.496 e. The summed E-state index contributed by atoms with van der Waals surface area (Å²) in [5.41, 5.74) is 3.56. The second-order valence-corrected chi connectivity index (χ2v) is 5.03. The van der Waals surface area contributed by atoms with Crippen LogP contribution in [0, 0.1) is 6.92 Å². The van der Waals surface area contributed by atoms with Crippen LogP contribution in [0.25, 0.3) is 0 Å². The van der Waals surface area contributed by atoms with Crippen molar-refractivity contribution in [1.82, 2.24) is 5.32 Å². The van der Waals surface area contributed by atoms with E-state index in [1.165, 1.54) is 5.56 Å². The Labute approximate surface area is 126 Å². The molecule has 0 heterocycles. The molecule has 0 amide bonds. The van der Waals surface area contributed by atoms with Gasteiger partial charge >= 0.3 is 0 Å². The standard InChI is InChI=1S/C18H23NO2/c1-4-19-12-16-9-10-17(11-18(16)20-3)21-13-15-7-5-14(2)6-8-15/h5-11,19H,4,12-13H2,1-3H3. The molecule has 0 saturated carbocycles. The molecule has 0 bridgehead atoms. The quantitative estimate of drug-likeness (QED) is 0.841. The number of hydrogen-bond donors (Lipinski definition) is 1. The van der Waals surface area contributed by atoms with E-state index in [2.05, 4.69) is 43.4 Å². The highest BCUT2D eigenvalue weighted by Gasteiger charge is 2.05. The normalized spacial score (nSPS) is 10.4. The maximum Gasteiger partial charge on any atom is 0.127 e. The van der Waals surface area contributed by atoms with Gasteiger partial charge in [-0.3, -0.25) is 0 Å². The average molecular weight is 285 g/mol. The van der Waals surface area contributed by atoms with E-state index in [4.69, 9.17) is 9.47 Å². The number of benzene rings is 2. The van der Waals surface area contributed by atoms with Crippen molar-refractivity contribution in [3.05, 3.63) is 59.2 Å². The molecule has 0 radical (unpaired) electrons. The number of hydrogen-bond acceptors (Lipinski definition) is 3. The van der Waals surface area contributed by atoms with E-state index < -0.39 is 0 Å². The monoisotopic (exact) mass is 285 g/mol. The van der Waals surface area contributed by atoms with E-state index in [1.54, 1.807) is 7.11 Å². The van der Waals surface area contributed by atoms with Crippen LogP contribution in [0.15, 0.2) is 42.5 Å². The van der Waals surface area contributed by atoms with Crippen molar-refractivity contribution in [3.8, 4) is 11.5 Å². The molecule has 2 aromatic carbocycles. The first kappa shape index (κ1) is 15.4. The number of methoxy groups -OCH3 is 1. The van der Waals surface area contributed by atoms with Gasteiger partial charge in [0.25, 0.3) is 0 Å². The molecule has 2 aromatic rings. The lowest BCUT2D eigenvalue weighted by Crippen LogP contribution is -2.12. The summed E-state index contributed by atoms with van der Waals surface area (Å²) in [4.78, 5) is 0. The van der Waals surface area contributed by atoms with Crippen LogP contribution in [0.1, 0.15) is 23.6 Å². The van der Waals surface area contributed by atoms with E-state index in [-0.39, 0.29) is 0 Å². The molecule has 0 spiro atoms. The Kier molecular flexibility index (Phi) is 5.64. The minimum Gasteiger partial charge on any atom is -0.496 e. The maximum atomic E-state index is 5.83. The van der Waals surface area contributed by atoms with E-state index in [1.807, 2.05) is 18.2 Å². The second kappa shape index (κ2) is 7.70. The molecule has 0 aromatic heterocycles. The second-order valence-electron chi connectivity index (χ2n) is 5.03. The van der Waals surface area contributed by atoms with E-state index >= 15 is 0 Å². The minimum absolute atomic E-state index is 0.565. The average Bonchev–Trinajstić information content (AvgIpc) is 2.52. The van der Waals surface area contributed by atoms with Gasteiger partial charge in [0.05, 0.1) is 7.11 Å². The molecular weight excluding hydrogens is 262 g/mol. The van der Waals surface area contributed by atoms with E-state index in [0.29, 0.717) is 6.61 Å². The van der Waals surface area contributed by atoms with Crippen molar-refractivity contribution in [1.29, 1.82) is 0 Å². The Balaban J connectivity index is 2.01. The van der Waals surface area contributed by atoms with Gasteiger partial charge in [-0.25, -0.2) is 0 Å². The molecule has 0 unspecified atom stereocenters. The van der Waals surface area contributed by atoms with Crippen LogP contribution in [0.4, 0.5) is 0 Å². The molecule has 0 aliphatic heterocycles. The highest BCUT2D eigenvalue weighted by atomic mass is 16.5. The third-order valence-electron chi connectivity index (χ3n) is 3.35. The van der Waals surface area contributed by atoms with Crippen molar-refractivity contribution in [2.75, 3.05) is 13.7 Å². The zero-order chi connectivity index (χ0) is 15.1. The molecule has 3 nitrogen and oxygen atoms in total. The number of rotatable bonds is 7. The molecule has 0 aliphatic carbocycles. The predicted molar refractivity (Wildman–Crippen MR) is 85.9 cm³/mol. The van der Waals surface area contributed by atoms with Gasteiger partial charge in [-0.1, -0.05) is 42.8 Å². The first-order valence-electron chi connectivity index (χ1n) is 7.29. The third-order valence-corrected chi connectivity index (χ3v) is 3.35. The minimum atomic E-state index is 0.565. The smallest absolute Gasteiger partial charge is 0.127 e.